The van der Waals surface area contributed by atoms with Gasteiger partial charge in [0.1, 0.15) is 5.82 Å². The maximum atomic E-state index is 13.9. The number of methoxy groups -OCH3 is 1. The number of rotatable bonds is 4. The molecule has 0 aliphatic rings. The number of aromatic nitrogens is 2. The van der Waals surface area contributed by atoms with Gasteiger partial charge in [0, 0.05) is 17.3 Å². The molecule has 1 heterocycles. The average molecular weight is 346 g/mol. The lowest BCUT2D eigenvalue weighted by atomic mass is 9.81. The van der Waals surface area contributed by atoms with Crippen LogP contribution >= 0.6 is 0 Å². The molecule has 0 aliphatic heterocycles. The van der Waals surface area contributed by atoms with Gasteiger partial charge in [-0.05, 0) is 42.0 Å². The number of hydrogen-bond acceptors (Lipinski definition) is 2. The molecule has 3 rings (SSSR count). The van der Waals surface area contributed by atoms with E-state index in [0.717, 1.165) is 17.4 Å². The summed E-state index contributed by atoms with van der Waals surface area (Å²) in [6.45, 7) is 3.74. The largest absolute Gasteiger partial charge is 0.494 e. The Labute approximate surface area is 143 Å². The molecule has 0 bridgehead atoms. The smallest absolute Gasteiger partial charge is 0.200 e. The van der Waals surface area contributed by atoms with Crippen LogP contribution in [0.1, 0.15) is 25.1 Å². The van der Waals surface area contributed by atoms with Gasteiger partial charge in [-0.1, -0.05) is 13.8 Å². The predicted molar refractivity (Wildman–Crippen MR) is 88.6 cm³/mol. The van der Waals surface area contributed by atoms with Crippen molar-refractivity contribution < 1.29 is 17.9 Å². The van der Waals surface area contributed by atoms with Crippen molar-refractivity contribution in [2.75, 3.05) is 7.11 Å². The monoisotopic (exact) mass is 346 g/mol. The Balaban J connectivity index is 2.12. The summed E-state index contributed by atoms with van der Waals surface area (Å²) < 4.78 is 47.6. The topological polar surface area (TPSA) is 27.1 Å². The van der Waals surface area contributed by atoms with Gasteiger partial charge in [-0.25, -0.2) is 13.8 Å². The van der Waals surface area contributed by atoms with Crippen LogP contribution in [0.15, 0.2) is 48.9 Å². The highest BCUT2D eigenvalue weighted by Gasteiger charge is 2.29. The molecule has 25 heavy (non-hydrogen) atoms. The highest BCUT2D eigenvalue weighted by atomic mass is 19.2. The van der Waals surface area contributed by atoms with Crippen molar-refractivity contribution >= 4 is 0 Å². The predicted octanol–water partition coefficient (Wildman–Crippen LogP) is 4.62. The van der Waals surface area contributed by atoms with Gasteiger partial charge in [-0.2, -0.15) is 4.39 Å². The van der Waals surface area contributed by atoms with E-state index < -0.39 is 17.0 Å². The molecule has 0 saturated heterocycles. The highest BCUT2D eigenvalue weighted by molar-refractivity contribution is 5.43. The zero-order valence-electron chi connectivity index (χ0n) is 14.1. The Morgan fingerprint density at radius 3 is 2.36 bits per heavy atom. The van der Waals surface area contributed by atoms with E-state index in [4.69, 9.17) is 4.74 Å². The summed E-state index contributed by atoms with van der Waals surface area (Å²) in [5, 5.41) is 0. The molecule has 0 unspecified atom stereocenters. The van der Waals surface area contributed by atoms with Crippen molar-refractivity contribution in [3.8, 4) is 11.4 Å². The van der Waals surface area contributed by atoms with Gasteiger partial charge in [0.15, 0.2) is 11.6 Å². The summed E-state index contributed by atoms with van der Waals surface area (Å²) >= 11 is 0. The van der Waals surface area contributed by atoms with Crippen LogP contribution in [-0.2, 0) is 5.41 Å². The molecule has 0 saturated carbocycles. The Morgan fingerprint density at radius 1 is 1.04 bits per heavy atom. The van der Waals surface area contributed by atoms with E-state index in [1.54, 1.807) is 29.2 Å². The maximum Gasteiger partial charge on any atom is 0.200 e. The molecular formula is C19H17F3N2O. The number of halogens is 3. The molecule has 0 N–H and O–H groups in total. The van der Waals surface area contributed by atoms with E-state index in [2.05, 4.69) is 4.98 Å². The van der Waals surface area contributed by atoms with E-state index in [-0.39, 0.29) is 11.6 Å². The van der Waals surface area contributed by atoms with Crippen LogP contribution in [0.2, 0.25) is 0 Å². The van der Waals surface area contributed by atoms with Crippen molar-refractivity contribution in [1.82, 2.24) is 9.55 Å². The zero-order valence-corrected chi connectivity index (χ0v) is 14.1. The van der Waals surface area contributed by atoms with Crippen molar-refractivity contribution in [2.45, 2.75) is 19.3 Å². The fraction of sp³-hybridized carbons (Fsp3) is 0.211. The lowest BCUT2D eigenvalue weighted by Gasteiger charge is -2.27. The fourth-order valence-corrected chi connectivity index (χ4v) is 2.79. The lowest BCUT2D eigenvalue weighted by Crippen LogP contribution is -2.23. The quantitative estimate of drug-likeness (QED) is 0.689. The summed E-state index contributed by atoms with van der Waals surface area (Å²) in [7, 11) is 1.29. The maximum absolute atomic E-state index is 13.9. The minimum Gasteiger partial charge on any atom is -0.494 e. The molecule has 2 aromatic carbocycles. The first-order chi connectivity index (χ1) is 11.8. The molecule has 1 aromatic heterocycles. The van der Waals surface area contributed by atoms with Crippen LogP contribution in [0.3, 0.4) is 0 Å². The number of benzene rings is 2. The van der Waals surface area contributed by atoms with Gasteiger partial charge in [-0.15, -0.1) is 0 Å². The summed E-state index contributed by atoms with van der Waals surface area (Å²) in [5.74, 6) is -2.49. The van der Waals surface area contributed by atoms with Crippen molar-refractivity contribution in [2.24, 2.45) is 0 Å². The molecule has 0 radical (unpaired) electrons. The molecule has 3 aromatic rings. The third kappa shape index (κ3) is 2.99. The van der Waals surface area contributed by atoms with E-state index in [9.17, 15) is 13.2 Å². The van der Waals surface area contributed by atoms with Crippen molar-refractivity contribution in [1.29, 1.82) is 0 Å². The van der Waals surface area contributed by atoms with Crippen LogP contribution in [0.25, 0.3) is 5.69 Å². The van der Waals surface area contributed by atoms with Gasteiger partial charge in [0.05, 0.1) is 19.1 Å². The third-order valence-corrected chi connectivity index (χ3v) is 4.32. The first-order valence-corrected chi connectivity index (χ1v) is 7.67. The van der Waals surface area contributed by atoms with Crippen LogP contribution < -0.4 is 4.74 Å². The number of ether oxygens (including phenoxy) is 1. The molecule has 0 amide bonds. The van der Waals surface area contributed by atoms with Gasteiger partial charge < -0.3 is 9.30 Å². The zero-order chi connectivity index (χ0) is 18.2. The molecule has 6 heteroatoms. The van der Waals surface area contributed by atoms with Gasteiger partial charge in [0.25, 0.3) is 0 Å². The molecular weight excluding hydrogens is 329 g/mol. The van der Waals surface area contributed by atoms with E-state index in [0.29, 0.717) is 5.56 Å². The molecule has 0 spiro atoms. The number of nitrogens with zero attached hydrogens (tertiary/aromatic N) is 2. The second-order valence-corrected chi connectivity index (χ2v) is 6.22. The Bertz CT molecular complexity index is 902. The molecule has 0 atom stereocenters. The van der Waals surface area contributed by atoms with E-state index in [1.807, 2.05) is 13.8 Å². The van der Waals surface area contributed by atoms with Crippen LogP contribution in [0.4, 0.5) is 13.2 Å². The van der Waals surface area contributed by atoms with E-state index >= 15 is 0 Å². The number of hydrogen-bond donors (Lipinski definition) is 0. The fourth-order valence-electron chi connectivity index (χ4n) is 2.79. The first-order valence-electron chi connectivity index (χ1n) is 7.67. The summed E-state index contributed by atoms with van der Waals surface area (Å²) in [5.41, 5.74) is 1.29. The van der Waals surface area contributed by atoms with E-state index in [1.165, 1.54) is 25.3 Å². The minimum absolute atomic E-state index is 0.157. The SMILES string of the molecule is COc1cc(C(C)(C)c2cncn2-c2ccc(F)cc2)cc(F)c1F. The third-order valence-electron chi connectivity index (χ3n) is 4.32. The average Bonchev–Trinajstić information content (AvgIpc) is 3.08. The Hall–Kier alpha value is -2.76. The molecule has 3 nitrogen and oxygen atoms in total. The highest BCUT2D eigenvalue weighted by Crippen LogP contribution is 2.36. The second-order valence-electron chi connectivity index (χ2n) is 6.22. The Morgan fingerprint density at radius 2 is 1.72 bits per heavy atom. The van der Waals surface area contributed by atoms with Gasteiger partial charge in [0.2, 0.25) is 5.82 Å². The normalized spacial score (nSPS) is 11.6. The first kappa shape index (κ1) is 17.1. The lowest BCUT2D eigenvalue weighted by molar-refractivity contribution is 0.369. The molecule has 0 aliphatic carbocycles. The minimum atomic E-state index is -1.02. The summed E-state index contributed by atoms with van der Waals surface area (Å²) in [6, 6.07) is 8.59. The van der Waals surface area contributed by atoms with Crippen LogP contribution in [0, 0.1) is 17.5 Å². The second kappa shape index (κ2) is 6.27. The summed E-state index contributed by atoms with van der Waals surface area (Å²) in [6.07, 6.45) is 3.25. The number of imidazole rings is 1. The van der Waals surface area contributed by atoms with Crippen LogP contribution in [0.5, 0.6) is 5.75 Å². The molecule has 0 fully saturated rings. The standard InChI is InChI=1S/C19H17F3N2O/c1-19(2,12-8-15(21)18(22)16(9-12)25-3)17-10-23-11-24(17)14-6-4-13(20)5-7-14/h4-11H,1-3H3. The van der Waals surface area contributed by atoms with Gasteiger partial charge in [-0.3, -0.25) is 0 Å². The van der Waals surface area contributed by atoms with Crippen molar-refractivity contribution in [3.63, 3.8) is 0 Å². The summed E-state index contributed by atoms with van der Waals surface area (Å²) in [4.78, 5) is 4.17. The molecule has 130 valence electrons. The Kier molecular flexibility index (Phi) is 4.29. The van der Waals surface area contributed by atoms with Gasteiger partial charge >= 0.3 is 0 Å². The van der Waals surface area contributed by atoms with Crippen LogP contribution in [-0.4, -0.2) is 16.7 Å². The van der Waals surface area contributed by atoms with Crippen molar-refractivity contribution in [3.05, 3.63) is 77.6 Å².